The molecule has 40 heavy (non-hydrogen) atoms. The lowest BCUT2D eigenvalue weighted by Gasteiger charge is -2.21. The number of ether oxygens (including phenoxy) is 2. The Bertz CT molecular complexity index is 1410. The molecule has 13 nitrogen and oxygen atoms in total. The quantitative estimate of drug-likeness (QED) is 0.244. The van der Waals surface area contributed by atoms with Gasteiger partial charge in [-0.3, -0.25) is 4.79 Å². The van der Waals surface area contributed by atoms with E-state index in [0.717, 1.165) is 0 Å². The van der Waals surface area contributed by atoms with E-state index >= 15 is 0 Å². The van der Waals surface area contributed by atoms with Crippen LogP contribution in [0.4, 0.5) is 21.8 Å². The molecule has 0 bridgehead atoms. The van der Waals surface area contributed by atoms with Crippen molar-refractivity contribution in [3.05, 3.63) is 40.7 Å². The first kappa shape index (κ1) is 30.2. The lowest BCUT2D eigenvalue weighted by Crippen LogP contribution is -2.45. The van der Waals surface area contributed by atoms with E-state index in [1.54, 1.807) is 33.8 Å². The summed E-state index contributed by atoms with van der Waals surface area (Å²) < 4.78 is 24.5. The van der Waals surface area contributed by atoms with Gasteiger partial charge >= 0.3 is 11.9 Å². The number of amides is 1. The SMILES string of the molecule is CC(C)OC(=O)[C@H](F)C[C@H](NC(=O)c1ccc(NCc2cnc3nc(N)nc(N)c3n2)c(Cl)c1)C(=O)OC(C)C. The number of nitrogens with one attached hydrogen (secondary N) is 2. The van der Waals surface area contributed by atoms with Gasteiger partial charge in [0.1, 0.15) is 6.04 Å². The summed E-state index contributed by atoms with van der Waals surface area (Å²) in [5, 5.41) is 5.68. The molecule has 0 aliphatic heterocycles. The fourth-order valence-electron chi connectivity index (χ4n) is 3.43. The highest BCUT2D eigenvalue weighted by atomic mass is 35.5. The van der Waals surface area contributed by atoms with Crippen LogP contribution in [0.25, 0.3) is 11.2 Å². The van der Waals surface area contributed by atoms with Crippen molar-refractivity contribution < 1.29 is 28.2 Å². The molecule has 3 aromatic rings. The third-order valence-electron chi connectivity index (χ3n) is 5.18. The highest BCUT2D eigenvalue weighted by Crippen LogP contribution is 2.24. The zero-order valence-electron chi connectivity index (χ0n) is 22.3. The van der Waals surface area contributed by atoms with E-state index in [2.05, 4.69) is 30.6 Å². The predicted molar refractivity (Wildman–Crippen MR) is 146 cm³/mol. The minimum atomic E-state index is -2.15. The zero-order chi connectivity index (χ0) is 29.6. The maximum absolute atomic E-state index is 14.5. The number of hydrogen-bond donors (Lipinski definition) is 4. The van der Waals surface area contributed by atoms with E-state index in [1.165, 1.54) is 18.3 Å². The first-order valence-corrected chi connectivity index (χ1v) is 12.7. The van der Waals surface area contributed by atoms with Gasteiger partial charge in [-0.1, -0.05) is 11.6 Å². The number of rotatable bonds is 11. The van der Waals surface area contributed by atoms with Crippen molar-refractivity contribution in [3.8, 4) is 0 Å². The van der Waals surface area contributed by atoms with Gasteiger partial charge < -0.3 is 31.6 Å². The van der Waals surface area contributed by atoms with Crippen molar-refractivity contribution in [2.45, 2.75) is 65.1 Å². The molecular weight excluding hydrogens is 547 g/mol. The van der Waals surface area contributed by atoms with Crippen molar-refractivity contribution in [2.75, 3.05) is 16.8 Å². The second-order valence-electron chi connectivity index (χ2n) is 9.25. The minimum absolute atomic E-state index is 0.0117. The molecule has 0 radical (unpaired) electrons. The number of aromatic nitrogens is 4. The van der Waals surface area contributed by atoms with E-state index in [9.17, 15) is 18.8 Å². The third kappa shape index (κ3) is 8.09. The first-order valence-electron chi connectivity index (χ1n) is 12.3. The van der Waals surface area contributed by atoms with Gasteiger partial charge in [0.25, 0.3) is 5.91 Å². The Kier molecular flexibility index (Phi) is 9.93. The highest BCUT2D eigenvalue weighted by Gasteiger charge is 2.32. The van der Waals surface area contributed by atoms with E-state index < -0.39 is 48.7 Å². The van der Waals surface area contributed by atoms with Crippen LogP contribution in [0.1, 0.15) is 50.2 Å². The molecule has 0 aliphatic carbocycles. The molecule has 2 aromatic heterocycles. The van der Waals surface area contributed by atoms with Gasteiger partial charge in [0.2, 0.25) is 5.95 Å². The largest absolute Gasteiger partial charge is 0.461 e. The number of fused-ring (bicyclic) bond motifs is 1. The van der Waals surface area contributed by atoms with Crippen LogP contribution in [0.2, 0.25) is 5.02 Å². The minimum Gasteiger partial charge on any atom is -0.461 e. The van der Waals surface area contributed by atoms with Crippen LogP contribution < -0.4 is 22.1 Å². The number of nitrogens with zero attached hydrogens (tertiary/aromatic N) is 4. The van der Waals surface area contributed by atoms with Crippen LogP contribution in [0.3, 0.4) is 0 Å². The first-order chi connectivity index (χ1) is 18.8. The Labute approximate surface area is 234 Å². The average Bonchev–Trinajstić information content (AvgIpc) is 2.86. The average molecular weight is 577 g/mol. The van der Waals surface area contributed by atoms with Crippen molar-refractivity contribution in [3.63, 3.8) is 0 Å². The Hall–Kier alpha value is -4.33. The number of nitrogens with two attached hydrogens (primary N) is 2. The number of carbonyl (C=O) groups is 3. The molecule has 3 rings (SSSR count). The summed E-state index contributed by atoms with van der Waals surface area (Å²) in [6.45, 7) is 6.53. The summed E-state index contributed by atoms with van der Waals surface area (Å²) in [4.78, 5) is 53.8. The van der Waals surface area contributed by atoms with Crippen molar-refractivity contribution in [1.29, 1.82) is 0 Å². The second-order valence-corrected chi connectivity index (χ2v) is 9.66. The number of halogens is 2. The predicted octanol–water partition coefficient (Wildman–Crippen LogP) is 2.58. The lowest BCUT2D eigenvalue weighted by atomic mass is 10.1. The number of benzene rings is 1. The summed E-state index contributed by atoms with van der Waals surface area (Å²) in [5.74, 6) is -2.67. The van der Waals surface area contributed by atoms with Gasteiger partial charge in [0, 0.05) is 12.0 Å². The molecule has 0 fully saturated rings. The molecule has 2 atom stereocenters. The monoisotopic (exact) mass is 576 g/mol. The number of anilines is 3. The Morgan fingerprint density at radius 1 is 1.02 bits per heavy atom. The number of hydrogen-bond acceptors (Lipinski definition) is 12. The van der Waals surface area contributed by atoms with Crippen LogP contribution in [-0.4, -0.2) is 62.2 Å². The van der Waals surface area contributed by atoms with E-state index in [4.69, 9.17) is 32.5 Å². The molecular formula is C25H30ClFN8O5. The van der Waals surface area contributed by atoms with Crippen molar-refractivity contribution in [2.24, 2.45) is 0 Å². The van der Waals surface area contributed by atoms with Crippen LogP contribution in [0.15, 0.2) is 24.4 Å². The molecule has 0 saturated heterocycles. The molecule has 15 heteroatoms. The molecule has 1 amide bonds. The molecule has 0 aliphatic rings. The van der Waals surface area contributed by atoms with Gasteiger partial charge in [-0.2, -0.15) is 9.97 Å². The smallest absolute Gasteiger partial charge is 0.341 e. The highest BCUT2D eigenvalue weighted by molar-refractivity contribution is 6.33. The van der Waals surface area contributed by atoms with Crippen molar-refractivity contribution >= 4 is 58.1 Å². The summed E-state index contributed by atoms with van der Waals surface area (Å²) in [7, 11) is 0. The van der Waals surface area contributed by atoms with Crippen molar-refractivity contribution in [1.82, 2.24) is 25.3 Å². The van der Waals surface area contributed by atoms with E-state index in [1.807, 2.05) is 0 Å². The maximum Gasteiger partial charge on any atom is 0.341 e. The summed E-state index contributed by atoms with van der Waals surface area (Å²) in [5.41, 5.74) is 13.0. The zero-order valence-corrected chi connectivity index (χ0v) is 23.0. The number of alkyl halides is 1. The summed E-state index contributed by atoms with van der Waals surface area (Å²) >= 11 is 6.37. The molecule has 6 N–H and O–H groups in total. The van der Waals surface area contributed by atoms with Gasteiger partial charge in [0.05, 0.1) is 41.4 Å². The number of carbonyl (C=O) groups excluding carboxylic acids is 3. The third-order valence-corrected chi connectivity index (χ3v) is 5.50. The summed E-state index contributed by atoms with van der Waals surface area (Å²) in [6, 6.07) is 2.92. The van der Waals surface area contributed by atoms with Gasteiger partial charge in [-0.25, -0.2) is 23.9 Å². The lowest BCUT2D eigenvalue weighted by molar-refractivity contribution is -0.155. The Balaban J connectivity index is 1.70. The topological polar surface area (TPSA) is 197 Å². The van der Waals surface area contributed by atoms with Crippen LogP contribution in [0.5, 0.6) is 0 Å². The molecule has 0 unspecified atom stereocenters. The van der Waals surface area contributed by atoms with Crippen LogP contribution >= 0.6 is 11.6 Å². The maximum atomic E-state index is 14.5. The molecule has 2 heterocycles. The normalized spacial score (nSPS) is 12.7. The Morgan fingerprint density at radius 2 is 1.70 bits per heavy atom. The second kappa shape index (κ2) is 13.2. The van der Waals surface area contributed by atoms with Crippen LogP contribution in [0, 0.1) is 0 Å². The van der Waals surface area contributed by atoms with E-state index in [-0.39, 0.29) is 34.5 Å². The molecule has 1 aromatic carbocycles. The molecule has 214 valence electrons. The summed E-state index contributed by atoms with van der Waals surface area (Å²) in [6.07, 6.45) is -2.40. The molecule has 0 saturated carbocycles. The standard InChI is InChI=1S/C25H30ClFN8O5/c1-11(2)39-23(37)16(27)8-18(24(38)40-12(3)4)33-22(36)13-5-6-17(15(26)7-13)30-9-14-10-31-21-19(32-14)20(28)34-25(29)35-21/h5-7,10-12,16,18,30H,8-9H2,1-4H3,(H,33,36)(H4,28,29,31,34,35)/t16-,18+/m1/s1. The van der Waals surface area contributed by atoms with Gasteiger partial charge in [-0.05, 0) is 45.9 Å². The fourth-order valence-corrected chi connectivity index (χ4v) is 3.68. The number of nitrogen functional groups attached to an aromatic ring is 2. The number of esters is 2. The molecule has 0 spiro atoms. The fraction of sp³-hybridized carbons (Fsp3) is 0.400. The van der Waals surface area contributed by atoms with Gasteiger partial charge in [-0.15, -0.1) is 0 Å². The van der Waals surface area contributed by atoms with Crippen LogP contribution in [-0.2, 0) is 25.6 Å². The Morgan fingerprint density at radius 3 is 2.35 bits per heavy atom. The van der Waals surface area contributed by atoms with Gasteiger partial charge in [0.15, 0.2) is 23.2 Å². The van der Waals surface area contributed by atoms with E-state index in [0.29, 0.717) is 16.9 Å².